The van der Waals surface area contributed by atoms with Gasteiger partial charge in [-0.1, -0.05) is 12.8 Å². The number of unbranched alkanes of at least 4 members (excludes halogenated alkanes) is 3. The molecule has 15 nitrogen and oxygen atoms in total. The third-order valence-corrected chi connectivity index (χ3v) is 7.33. The quantitative estimate of drug-likeness (QED) is 0.0782. The molecule has 2 aliphatic heterocycles. The second-order valence-corrected chi connectivity index (χ2v) is 10.4. The van der Waals surface area contributed by atoms with Gasteiger partial charge in [0.1, 0.15) is 42.7 Å². The summed E-state index contributed by atoms with van der Waals surface area (Å²) in [6, 6.07) is 0. The summed E-state index contributed by atoms with van der Waals surface area (Å²) in [5.74, 6) is -0.177. The third-order valence-electron chi connectivity index (χ3n) is 7.33. The van der Waals surface area contributed by atoms with Crippen molar-refractivity contribution < 1.29 is 64.3 Å². The maximum absolute atomic E-state index is 13.0. The Morgan fingerprint density at radius 1 is 0.732 bits per heavy atom. The van der Waals surface area contributed by atoms with Gasteiger partial charge in [-0.3, -0.25) is 9.59 Å². The summed E-state index contributed by atoms with van der Waals surface area (Å²) in [4.78, 5) is 25.9. The Labute approximate surface area is 239 Å². The molecule has 2 aliphatic rings. The molecule has 0 unspecified atom stereocenters. The van der Waals surface area contributed by atoms with Crippen molar-refractivity contribution in [1.82, 2.24) is 10.2 Å². The fraction of sp³-hybridized carbons (Fsp3) is 0.923. The Balaban J connectivity index is 1.85. The first-order chi connectivity index (χ1) is 19.5. The Kier molecular flexibility index (Phi) is 15.9. The molecule has 2 heterocycles. The van der Waals surface area contributed by atoms with Crippen molar-refractivity contribution in [1.29, 1.82) is 0 Å². The Hall–Kier alpha value is -1.50. The molecule has 0 aliphatic carbocycles. The van der Waals surface area contributed by atoms with Crippen LogP contribution >= 0.6 is 0 Å². The van der Waals surface area contributed by atoms with Crippen molar-refractivity contribution in [3.63, 3.8) is 0 Å². The van der Waals surface area contributed by atoms with Crippen molar-refractivity contribution in [2.45, 2.75) is 113 Å². The number of aliphatic hydroxyl groups excluding tert-OH is 7. The van der Waals surface area contributed by atoms with E-state index < -0.39 is 68.0 Å². The summed E-state index contributed by atoms with van der Waals surface area (Å²) < 4.78 is 21.9. The summed E-state index contributed by atoms with van der Waals surface area (Å²) in [6.45, 7) is 1.34. The normalized spacial score (nSPS) is 33.9. The molecule has 2 rings (SSSR count). The first kappa shape index (κ1) is 35.7. The van der Waals surface area contributed by atoms with Gasteiger partial charge in [0.15, 0.2) is 12.6 Å². The summed E-state index contributed by atoms with van der Waals surface area (Å²) >= 11 is 0. The Bertz CT molecular complexity index is 776. The predicted octanol–water partition coefficient (Wildman–Crippen LogP) is -3.05. The van der Waals surface area contributed by atoms with E-state index in [4.69, 9.17) is 18.9 Å². The zero-order chi connectivity index (χ0) is 30.5. The van der Waals surface area contributed by atoms with Crippen LogP contribution in [-0.4, -0.2) is 154 Å². The van der Waals surface area contributed by atoms with Gasteiger partial charge in [0.2, 0.25) is 11.8 Å². The molecule has 10 atom stereocenters. The number of carbonyl (C=O) groups excluding carboxylic acids is 2. The average Bonchev–Trinajstić information content (AvgIpc) is 2.96. The van der Waals surface area contributed by atoms with Crippen LogP contribution in [0, 0.1) is 0 Å². The first-order valence-corrected chi connectivity index (χ1v) is 14.2. The van der Waals surface area contributed by atoms with Gasteiger partial charge >= 0.3 is 0 Å². The van der Waals surface area contributed by atoms with Crippen molar-refractivity contribution in [3.05, 3.63) is 0 Å². The minimum absolute atomic E-state index is 0.0251. The highest BCUT2D eigenvalue weighted by atomic mass is 16.7. The van der Waals surface area contributed by atoms with Crippen LogP contribution in [0.3, 0.4) is 0 Å². The highest BCUT2D eigenvalue weighted by Crippen LogP contribution is 2.23. The minimum atomic E-state index is -1.56. The number of amides is 2. The number of nitrogens with one attached hydrogen (secondary N) is 1. The average molecular weight is 597 g/mol. The van der Waals surface area contributed by atoms with E-state index in [1.54, 1.807) is 11.9 Å². The van der Waals surface area contributed by atoms with E-state index in [2.05, 4.69) is 5.32 Å². The van der Waals surface area contributed by atoms with Crippen molar-refractivity contribution >= 4 is 11.8 Å². The van der Waals surface area contributed by atoms with E-state index in [0.29, 0.717) is 19.3 Å². The molecule has 0 saturated carbocycles. The molecule has 41 heavy (non-hydrogen) atoms. The minimum Gasteiger partial charge on any atom is -0.394 e. The Morgan fingerprint density at radius 3 is 1.95 bits per heavy atom. The highest BCUT2D eigenvalue weighted by molar-refractivity contribution is 5.76. The van der Waals surface area contributed by atoms with Gasteiger partial charge in [-0.05, 0) is 26.2 Å². The largest absolute Gasteiger partial charge is 0.394 e. The molecule has 0 radical (unpaired) electrons. The lowest BCUT2D eigenvalue weighted by Gasteiger charge is -2.39. The molecular formula is C26H48N2O13. The molecular weight excluding hydrogens is 548 g/mol. The second kappa shape index (κ2) is 18.2. The van der Waals surface area contributed by atoms with Crippen LogP contribution < -0.4 is 5.32 Å². The first-order valence-electron chi connectivity index (χ1n) is 14.2. The zero-order valence-corrected chi connectivity index (χ0v) is 23.8. The number of aliphatic hydroxyl groups is 7. The molecule has 0 aromatic rings. The maximum atomic E-state index is 13.0. The number of rotatable bonds is 17. The van der Waals surface area contributed by atoms with E-state index in [1.165, 1.54) is 6.92 Å². The number of ether oxygens (including phenoxy) is 4. The highest BCUT2D eigenvalue weighted by Gasteiger charge is 2.44. The lowest BCUT2D eigenvalue weighted by molar-refractivity contribution is -0.301. The van der Waals surface area contributed by atoms with Gasteiger partial charge in [-0.2, -0.15) is 0 Å². The van der Waals surface area contributed by atoms with Gasteiger partial charge in [0.05, 0.1) is 25.9 Å². The van der Waals surface area contributed by atoms with Crippen LogP contribution in [0.2, 0.25) is 0 Å². The number of hydrogen-bond acceptors (Lipinski definition) is 13. The molecule has 0 bridgehead atoms. The molecule has 0 aromatic heterocycles. The zero-order valence-electron chi connectivity index (χ0n) is 23.8. The van der Waals surface area contributed by atoms with E-state index in [0.717, 1.165) is 19.3 Å². The van der Waals surface area contributed by atoms with Crippen LogP contribution in [0.1, 0.15) is 51.9 Å². The SMILES string of the molecule is CNC(=O)CCCCCCC(=O)N(CCCO[C@H]1O[C@H](CO)[C@@H](O)[C@H](O)[C@@H]1O)CCO[C@@H]1O[C@@H](C)[C@@H](O)[C@@H](O)[C@@H]1O. The van der Waals surface area contributed by atoms with Gasteiger partial charge in [0, 0.05) is 33.0 Å². The molecule has 2 fully saturated rings. The fourth-order valence-electron chi connectivity index (χ4n) is 4.65. The number of nitrogens with zero attached hydrogens (tertiary/aromatic N) is 1. The molecule has 15 heteroatoms. The van der Waals surface area contributed by atoms with Crippen LogP contribution in [0.5, 0.6) is 0 Å². The molecule has 0 spiro atoms. The summed E-state index contributed by atoms with van der Waals surface area (Å²) in [6.07, 6.45) is -9.13. The van der Waals surface area contributed by atoms with Gasteiger partial charge < -0.3 is 64.9 Å². The molecule has 8 N–H and O–H groups in total. The molecule has 0 aromatic carbocycles. The monoisotopic (exact) mass is 596 g/mol. The standard InChI is InChI=1S/C26H48N2O13/c1-15-19(32)21(34)23(36)25(40-15)39-13-11-28(18(31)9-6-4-3-5-8-17(30)27-2)10-7-12-38-26-24(37)22(35)20(33)16(14-29)41-26/h15-16,19-26,29,32-37H,3-14H2,1-2H3,(H,27,30)/t15-,16+,19+,20+,21+,22-,23-,24-,25+,26-/m0/s1. The summed E-state index contributed by atoms with van der Waals surface area (Å²) in [5.41, 5.74) is 0. The van der Waals surface area contributed by atoms with E-state index in [-0.39, 0.29) is 44.5 Å². The molecule has 2 amide bonds. The van der Waals surface area contributed by atoms with Crippen molar-refractivity contribution in [3.8, 4) is 0 Å². The molecule has 240 valence electrons. The summed E-state index contributed by atoms with van der Waals surface area (Å²) in [7, 11) is 1.58. The van der Waals surface area contributed by atoms with Crippen molar-refractivity contribution in [2.75, 3.05) is 40.0 Å². The van der Waals surface area contributed by atoms with Crippen LogP contribution in [0.4, 0.5) is 0 Å². The second-order valence-electron chi connectivity index (χ2n) is 10.4. The lowest BCUT2D eigenvalue weighted by Crippen LogP contribution is -2.59. The fourth-order valence-corrected chi connectivity index (χ4v) is 4.65. The van der Waals surface area contributed by atoms with Crippen LogP contribution in [-0.2, 0) is 28.5 Å². The van der Waals surface area contributed by atoms with E-state index >= 15 is 0 Å². The van der Waals surface area contributed by atoms with Crippen LogP contribution in [0.15, 0.2) is 0 Å². The van der Waals surface area contributed by atoms with E-state index in [1.807, 2.05) is 0 Å². The summed E-state index contributed by atoms with van der Waals surface area (Å²) in [5, 5.41) is 71.8. The number of carbonyl (C=O) groups is 2. The van der Waals surface area contributed by atoms with E-state index in [9.17, 15) is 45.3 Å². The smallest absolute Gasteiger partial charge is 0.222 e. The third kappa shape index (κ3) is 10.9. The van der Waals surface area contributed by atoms with Gasteiger partial charge in [-0.25, -0.2) is 0 Å². The Morgan fingerprint density at radius 2 is 1.32 bits per heavy atom. The predicted molar refractivity (Wildman–Crippen MR) is 141 cm³/mol. The maximum Gasteiger partial charge on any atom is 0.222 e. The van der Waals surface area contributed by atoms with Gasteiger partial charge in [-0.15, -0.1) is 0 Å². The topological polar surface area (TPSA) is 228 Å². The van der Waals surface area contributed by atoms with Crippen molar-refractivity contribution in [2.24, 2.45) is 0 Å². The molecule has 2 saturated heterocycles. The number of hydrogen-bond donors (Lipinski definition) is 8. The van der Waals surface area contributed by atoms with Gasteiger partial charge in [0.25, 0.3) is 0 Å². The van der Waals surface area contributed by atoms with Crippen LogP contribution in [0.25, 0.3) is 0 Å². The lowest BCUT2D eigenvalue weighted by atomic mass is 9.99.